The van der Waals surface area contributed by atoms with Gasteiger partial charge in [0.25, 0.3) is 0 Å². The Morgan fingerprint density at radius 1 is 1.05 bits per heavy atom. The second-order valence-electron chi connectivity index (χ2n) is 6.57. The van der Waals surface area contributed by atoms with Gasteiger partial charge in [-0.15, -0.1) is 0 Å². The molecule has 2 atom stereocenters. The first-order valence-corrected chi connectivity index (χ1v) is 7.63. The van der Waals surface area contributed by atoms with E-state index in [4.69, 9.17) is 0 Å². The molecule has 1 fully saturated rings. The first-order valence-electron chi connectivity index (χ1n) is 7.63. The molecule has 1 nitrogen and oxygen atoms in total. The lowest BCUT2D eigenvalue weighted by atomic mass is 9.74. The molecule has 0 spiro atoms. The van der Waals surface area contributed by atoms with Crippen molar-refractivity contribution in [3.05, 3.63) is 35.4 Å². The number of rotatable bonds is 4. The molecule has 0 aliphatic heterocycles. The van der Waals surface area contributed by atoms with Crippen molar-refractivity contribution in [1.82, 2.24) is 0 Å². The van der Waals surface area contributed by atoms with Crippen LogP contribution in [0.15, 0.2) is 24.3 Å². The van der Waals surface area contributed by atoms with E-state index in [2.05, 4.69) is 45.0 Å². The van der Waals surface area contributed by atoms with E-state index in [9.17, 15) is 4.79 Å². The molecule has 2 unspecified atom stereocenters. The number of Topliss-reactive ketones (excluding diaryl/α,β-unsaturated/α-hetero) is 1. The standard InChI is InChI=1S/C18H26O/c1-13-4-6-16(7-5-13)8-9-18(19)17-11-14(2)10-15(3)12-17/h4-7,14-15,17H,8-12H2,1-3H3. The van der Waals surface area contributed by atoms with E-state index in [1.807, 2.05) is 0 Å². The first kappa shape index (κ1) is 14.3. The van der Waals surface area contributed by atoms with Crippen LogP contribution in [0, 0.1) is 24.7 Å². The Hall–Kier alpha value is -1.11. The topological polar surface area (TPSA) is 17.1 Å². The van der Waals surface area contributed by atoms with E-state index in [0.717, 1.165) is 31.1 Å². The van der Waals surface area contributed by atoms with Crippen molar-refractivity contribution in [2.24, 2.45) is 17.8 Å². The molecule has 1 aromatic rings. The fourth-order valence-electron chi connectivity index (χ4n) is 3.44. The smallest absolute Gasteiger partial charge is 0.136 e. The summed E-state index contributed by atoms with van der Waals surface area (Å²) in [6.07, 6.45) is 5.13. The molecule has 1 aromatic carbocycles. The van der Waals surface area contributed by atoms with Gasteiger partial charge in [-0.2, -0.15) is 0 Å². The molecule has 104 valence electrons. The molecule has 2 rings (SSSR count). The van der Waals surface area contributed by atoms with Gasteiger partial charge in [0.15, 0.2) is 0 Å². The molecule has 1 heteroatoms. The highest BCUT2D eigenvalue weighted by Gasteiger charge is 2.28. The highest BCUT2D eigenvalue weighted by molar-refractivity contribution is 5.81. The highest BCUT2D eigenvalue weighted by atomic mass is 16.1. The Morgan fingerprint density at radius 2 is 1.63 bits per heavy atom. The minimum Gasteiger partial charge on any atom is -0.299 e. The molecule has 0 saturated heterocycles. The molecular weight excluding hydrogens is 232 g/mol. The summed E-state index contributed by atoms with van der Waals surface area (Å²) < 4.78 is 0. The van der Waals surface area contributed by atoms with Crippen molar-refractivity contribution >= 4 is 5.78 Å². The van der Waals surface area contributed by atoms with Crippen molar-refractivity contribution in [1.29, 1.82) is 0 Å². The van der Waals surface area contributed by atoms with Crippen LogP contribution < -0.4 is 0 Å². The average Bonchev–Trinajstić information content (AvgIpc) is 2.36. The minimum absolute atomic E-state index is 0.323. The van der Waals surface area contributed by atoms with Crippen LogP contribution in [-0.4, -0.2) is 5.78 Å². The van der Waals surface area contributed by atoms with Gasteiger partial charge in [-0.25, -0.2) is 0 Å². The lowest BCUT2D eigenvalue weighted by Crippen LogP contribution is -2.26. The van der Waals surface area contributed by atoms with Crippen LogP contribution in [0.25, 0.3) is 0 Å². The number of benzene rings is 1. The first-order chi connectivity index (χ1) is 9.04. The molecule has 19 heavy (non-hydrogen) atoms. The third kappa shape index (κ3) is 4.19. The van der Waals surface area contributed by atoms with Gasteiger partial charge in [-0.3, -0.25) is 4.79 Å². The summed E-state index contributed by atoms with van der Waals surface area (Å²) in [5.41, 5.74) is 2.57. The maximum Gasteiger partial charge on any atom is 0.136 e. The van der Waals surface area contributed by atoms with E-state index >= 15 is 0 Å². The highest BCUT2D eigenvalue weighted by Crippen LogP contribution is 2.34. The quantitative estimate of drug-likeness (QED) is 0.773. The number of aryl methyl sites for hydroxylation is 2. The van der Waals surface area contributed by atoms with Crippen LogP contribution in [0.3, 0.4) is 0 Å². The maximum absolute atomic E-state index is 12.3. The zero-order chi connectivity index (χ0) is 13.8. The second kappa shape index (κ2) is 6.36. The van der Waals surface area contributed by atoms with Crippen LogP contribution in [0.2, 0.25) is 0 Å². The van der Waals surface area contributed by atoms with Gasteiger partial charge >= 0.3 is 0 Å². The summed E-state index contributed by atoms with van der Waals surface area (Å²) in [4.78, 5) is 12.3. The molecule has 0 bridgehead atoms. The van der Waals surface area contributed by atoms with Crippen molar-refractivity contribution in [3.8, 4) is 0 Å². The lowest BCUT2D eigenvalue weighted by molar-refractivity contribution is -0.124. The molecule has 1 aliphatic rings. The largest absolute Gasteiger partial charge is 0.299 e. The van der Waals surface area contributed by atoms with E-state index in [1.54, 1.807) is 0 Å². The van der Waals surface area contributed by atoms with E-state index in [-0.39, 0.29) is 0 Å². The van der Waals surface area contributed by atoms with Crippen molar-refractivity contribution < 1.29 is 4.79 Å². The molecule has 0 amide bonds. The van der Waals surface area contributed by atoms with Gasteiger partial charge in [0.05, 0.1) is 0 Å². The Labute approximate surface area is 117 Å². The molecular formula is C18H26O. The SMILES string of the molecule is Cc1ccc(CCC(=O)C2CC(C)CC(C)C2)cc1. The Morgan fingerprint density at radius 3 is 2.21 bits per heavy atom. The van der Waals surface area contributed by atoms with Crippen molar-refractivity contribution in [2.75, 3.05) is 0 Å². The monoisotopic (exact) mass is 258 g/mol. The number of carbonyl (C=O) groups is 1. The van der Waals surface area contributed by atoms with Gasteiger partial charge in [0.2, 0.25) is 0 Å². The zero-order valence-electron chi connectivity index (χ0n) is 12.5. The summed E-state index contributed by atoms with van der Waals surface area (Å²) in [5, 5.41) is 0. The third-order valence-corrected chi connectivity index (χ3v) is 4.41. The van der Waals surface area contributed by atoms with Gasteiger partial charge in [0.1, 0.15) is 5.78 Å². The lowest BCUT2D eigenvalue weighted by Gasteiger charge is -2.30. The number of hydrogen-bond donors (Lipinski definition) is 0. The Balaban J connectivity index is 1.85. The molecule has 0 radical (unpaired) electrons. The van der Waals surface area contributed by atoms with Crippen LogP contribution in [0.5, 0.6) is 0 Å². The summed E-state index contributed by atoms with van der Waals surface area (Å²) in [5.74, 6) is 2.25. The summed E-state index contributed by atoms with van der Waals surface area (Å²) in [7, 11) is 0. The van der Waals surface area contributed by atoms with Gasteiger partial charge < -0.3 is 0 Å². The van der Waals surface area contributed by atoms with E-state index in [1.165, 1.54) is 17.5 Å². The van der Waals surface area contributed by atoms with Gasteiger partial charge in [-0.1, -0.05) is 43.7 Å². The normalized spacial score (nSPS) is 27.2. The fraction of sp³-hybridized carbons (Fsp3) is 0.611. The Bertz CT molecular complexity index is 408. The zero-order valence-corrected chi connectivity index (χ0v) is 12.5. The second-order valence-corrected chi connectivity index (χ2v) is 6.57. The molecule has 1 saturated carbocycles. The predicted octanol–water partition coefficient (Wildman–Crippen LogP) is 4.57. The van der Waals surface area contributed by atoms with Gasteiger partial charge in [0, 0.05) is 12.3 Å². The number of ketones is 1. The van der Waals surface area contributed by atoms with Crippen LogP contribution in [0.1, 0.15) is 50.7 Å². The molecule has 0 aromatic heterocycles. The van der Waals surface area contributed by atoms with Crippen molar-refractivity contribution in [2.45, 2.75) is 52.9 Å². The number of carbonyl (C=O) groups excluding carboxylic acids is 1. The fourth-order valence-corrected chi connectivity index (χ4v) is 3.44. The predicted molar refractivity (Wildman–Crippen MR) is 80.2 cm³/mol. The van der Waals surface area contributed by atoms with E-state index in [0.29, 0.717) is 18.1 Å². The maximum atomic E-state index is 12.3. The Kier molecular flexibility index (Phi) is 4.79. The van der Waals surface area contributed by atoms with Crippen LogP contribution >= 0.6 is 0 Å². The summed E-state index contributed by atoms with van der Waals surface area (Å²) in [6.45, 7) is 6.67. The van der Waals surface area contributed by atoms with E-state index < -0.39 is 0 Å². The van der Waals surface area contributed by atoms with Gasteiger partial charge in [-0.05, 0) is 50.0 Å². The summed E-state index contributed by atoms with van der Waals surface area (Å²) >= 11 is 0. The van der Waals surface area contributed by atoms with Crippen LogP contribution in [0.4, 0.5) is 0 Å². The minimum atomic E-state index is 0.323. The molecule has 1 aliphatic carbocycles. The molecule has 0 heterocycles. The third-order valence-electron chi connectivity index (χ3n) is 4.41. The number of hydrogen-bond acceptors (Lipinski definition) is 1. The summed E-state index contributed by atoms with van der Waals surface area (Å²) in [6, 6.07) is 8.55. The van der Waals surface area contributed by atoms with Crippen molar-refractivity contribution in [3.63, 3.8) is 0 Å². The van der Waals surface area contributed by atoms with Crippen LogP contribution in [-0.2, 0) is 11.2 Å². The molecule has 0 N–H and O–H groups in total. The average molecular weight is 258 g/mol.